The fraction of sp³-hybridized carbons (Fsp3) is 0.727. The Bertz CT molecular complexity index is 568. The van der Waals surface area contributed by atoms with Crippen LogP contribution >= 0.6 is 0 Å². The maximum atomic E-state index is 4.49. The molecule has 4 unspecified atom stereocenters. The van der Waals surface area contributed by atoms with Crippen LogP contribution in [0.15, 0.2) is 34.6 Å². The molecule has 10 heteroatoms. The van der Waals surface area contributed by atoms with E-state index in [1.54, 1.807) is 6.20 Å². The van der Waals surface area contributed by atoms with Crippen LogP contribution in [0, 0.1) is 0 Å². The molecule has 4 atom stereocenters. The Balaban J connectivity index is 0.000000301. The Kier molecular flexibility index (Phi) is 16.6. The van der Waals surface area contributed by atoms with Crippen molar-refractivity contribution in [1.82, 2.24) is 10.9 Å². The van der Waals surface area contributed by atoms with Gasteiger partial charge in [0.15, 0.2) is 0 Å². The minimum atomic E-state index is 0. The van der Waals surface area contributed by atoms with Crippen LogP contribution in [-0.4, -0.2) is 56.5 Å². The van der Waals surface area contributed by atoms with E-state index < -0.39 is 0 Å². The molecule has 0 spiro atoms. The second kappa shape index (κ2) is 18.3. The minimum Gasteiger partial charge on any atom is -1.00 e. The van der Waals surface area contributed by atoms with Gasteiger partial charge in [-0.3, -0.25) is 0 Å². The topological polar surface area (TPSA) is 105 Å². The summed E-state index contributed by atoms with van der Waals surface area (Å²) in [6.07, 6.45) is 22.8. The molecule has 3 saturated heterocycles. The summed E-state index contributed by atoms with van der Waals surface area (Å²) in [7, 11) is 0. The molecule has 4 aliphatic heterocycles. The molecule has 32 heavy (non-hydrogen) atoms. The summed E-state index contributed by atoms with van der Waals surface area (Å²) in [6.45, 7) is 2.95. The number of hydrogen-bond donors (Lipinski definition) is 2. The van der Waals surface area contributed by atoms with Gasteiger partial charge < -0.3 is 44.5 Å². The number of rotatable bonds is 6. The summed E-state index contributed by atoms with van der Waals surface area (Å²) in [5.41, 5.74) is 6.17. The van der Waals surface area contributed by atoms with Gasteiger partial charge in [0.05, 0.1) is 0 Å². The molecule has 0 aromatic rings. The Morgan fingerprint density at radius 3 is 1.81 bits per heavy atom. The molecule has 4 rings (SSSR count). The molecule has 4 aliphatic rings. The van der Waals surface area contributed by atoms with Gasteiger partial charge in [0.25, 0.3) is 0 Å². The van der Waals surface area contributed by atoms with Crippen molar-refractivity contribution in [2.75, 3.05) is 19.6 Å². The van der Waals surface area contributed by atoms with Crippen molar-refractivity contribution in [2.45, 2.75) is 82.2 Å². The minimum absolute atomic E-state index is 0. The molecule has 2 N–H and O–H groups in total. The van der Waals surface area contributed by atoms with Crippen molar-refractivity contribution >= 4 is 12.4 Å². The van der Waals surface area contributed by atoms with Gasteiger partial charge in [-0.15, -0.1) is 19.6 Å². The fourth-order valence-corrected chi connectivity index (χ4v) is 3.66. The third kappa shape index (κ3) is 12.2. The van der Waals surface area contributed by atoms with E-state index in [0.29, 0.717) is 6.04 Å². The second-order valence-corrected chi connectivity index (χ2v) is 7.99. The first-order valence-electron chi connectivity index (χ1n) is 11.5. The van der Waals surface area contributed by atoms with E-state index in [1.165, 1.54) is 38.5 Å². The average molecular weight is 504 g/mol. The van der Waals surface area contributed by atoms with Crippen LogP contribution in [0.25, 0.3) is 21.3 Å². The normalized spacial score (nSPS) is 29.8. The summed E-state index contributed by atoms with van der Waals surface area (Å²) >= 11 is 0. The predicted octanol–water partition coefficient (Wildman–Crippen LogP) is 1.64. The predicted molar refractivity (Wildman–Crippen MR) is 126 cm³/mol. The van der Waals surface area contributed by atoms with E-state index in [1.807, 2.05) is 30.7 Å². The average Bonchev–Trinajstić information content (AvgIpc) is 2.82. The van der Waals surface area contributed by atoms with Gasteiger partial charge in [0.2, 0.25) is 0 Å². The molecule has 3 fully saturated rings. The Hall–Kier alpha value is -1.09. The van der Waals surface area contributed by atoms with Gasteiger partial charge in [0.1, 0.15) is 0 Å². The van der Waals surface area contributed by atoms with Crippen molar-refractivity contribution in [3.8, 4) is 0 Å². The SMILES string of the molecule is C(=N\NC1CCCC[N-]1)/C1CCCC[N-]1.C1=C[N-]C(/C=N/NC2CCCC[N-]2)C=C1.[Cl-].[Fe+3]. The molecule has 4 heterocycles. The van der Waals surface area contributed by atoms with Crippen LogP contribution < -0.4 is 23.3 Å². The third-order valence-electron chi connectivity index (χ3n) is 5.43. The Morgan fingerprint density at radius 1 is 0.719 bits per heavy atom. The largest absolute Gasteiger partial charge is 3.00 e. The second-order valence-electron chi connectivity index (χ2n) is 7.99. The summed E-state index contributed by atoms with van der Waals surface area (Å²) in [6, 6.07) is 0.418. The molecule has 0 aromatic heterocycles. The van der Waals surface area contributed by atoms with Gasteiger partial charge in [-0.05, 0) is 12.3 Å². The summed E-state index contributed by atoms with van der Waals surface area (Å²) in [5.74, 6) is 0. The van der Waals surface area contributed by atoms with Crippen molar-refractivity contribution in [3.63, 3.8) is 0 Å². The van der Waals surface area contributed by atoms with Crippen molar-refractivity contribution < 1.29 is 29.5 Å². The van der Waals surface area contributed by atoms with Crippen LogP contribution in [0.2, 0.25) is 0 Å². The first-order chi connectivity index (χ1) is 14.9. The van der Waals surface area contributed by atoms with E-state index in [2.05, 4.69) is 42.3 Å². The Labute approximate surface area is 210 Å². The first-order valence-corrected chi connectivity index (χ1v) is 11.5. The van der Waals surface area contributed by atoms with E-state index in [0.717, 1.165) is 38.9 Å². The molecule has 0 amide bonds. The van der Waals surface area contributed by atoms with E-state index >= 15 is 0 Å². The molecule has 0 saturated carbocycles. The Morgan fingerprint density at radius 2 is 1.31 bits per heavy atom. The van der Waals surface area contributed by atoms with E-state index in [-0.39, 0.29) is 47.8 Å². The number of piperidine rings is 3. The van der Waals surface area contributed by atoms with Crippen LogP contribution in [-0.2, 0) is 17.1 Å². The van der Waals surface area contributed by atoms with Crippen molar-refractivity contribution in [2.24, 2.45) is 10.2 Å². The molecule has 8 nitrogen and oxygen atoms in total. The maximum Gasteiger partial charge on any atom is 3.00 e. The van der Waals surface area contributed by atoms with E-state index in [9.17, 15) is 0 Å². The van der Waals surface area contributed by atoms with Gasteiger partial charge in [0, 0.05) is 12.4 Å². The number of nitrogens with zero attached hydrogens (tertiary/aromatic N) is 6. The fourth-order valence-electron chi connectivity index (χ4n) is 3.66. The quantitative estimate of drug-likeness (QED) is 0.327. The number of allylic oxidation sites excluding steroid dienone is 2. The summed E-state index contributed by atoms with van der Waals surface area (Å²) in [5, 5.41) is 26.0. The molecular weight excluding hydrogens is 468 g/mol. The molecule has 0 aromatic carbocycles. The van der Waals surface area contributed by atoms with Crippen LogP contribution in [0.5, 0.6) is 0 Å². The monoisotopic (exact) mass is 503 g/mol. The van der Waals surface area contributed by atoms with Gasteiger partial charge in [-0.2, -0.15) is 16.4 Å². The van der Waals surface area contributed by atoms with Crippen LogP contribution in [0.4, 0.5) is 0 Å². The molecule has 1 radical (unpaired) electrons. The number of hydrazone groups is 2. The van der Waals surface area contributed by atoms with Crippen LogP contribution in [0.3, 0.4) is 0 Å². The van der Waals surface area contributed by atoms with Crippen molar-refractivity contribution in [3.05, 3.63) is 45.7 Å². The molecular formula is C22H36ClFeN8-2. The zero-order chi connectivity index (χ0) is 20.7. The maximum absolute atomic E-state index is 4.49. The number of halogens is 1. The third-order valence-corrected chi connectivity index (χ3v) is 5.43. The van der Waals surface area contributed by atoms with Crippen molar-refractivity contribution in [1.29, 1.82) is 0 Å². The summed E-state index contributed by atoms with van der Waals surface area (Å²) < 4.78 is 0. The van der Waals surface area contributed by atoms with E-state index in [4.69, 9.17) is 0 Å². The number of nitrogens with one attached hydrogen (secondary N) is 2. The molecule has 181 valence electrons. The first kappa shape index (κ1) is 28.9. The molecule has 0 bridgehead atoms. The zero-order valence-corrected chi connectivity index (χ0v) is 20.5. The smallest absolute Gasteiger partial charge is 1.00 e. The number of hydrogen-bond acceptors (Lipinski definition) is 4. The summed E-state index contributed by atoms with van der Waals surface area (Å²) in [4.78, 5) is 0. The van der Waals surface area contributed by atoms with Gasteiger partial charge >= 0.3 is 17.1 Å². The standard InChI is InChI=1S/C11H20N4.C11H16N4.ClH.Fe/c2*1-3-7-12-10(5-1)9-14-15-11-6-2-4-8-13-11;;/h9-11,15H,1-8H2;1,3,5,7,9-11,15H,2,4,6,8H2;1H;/q2*-2;;+3/p-1/b2*14-9+;;. The van der Waals surface area contributed by atoms with Gasteiger partial charge in [-0.1, -0.05) is 88.1 Å². The molecule has 0 aliphatic carbocycles. The van der Waals surface area contributed by atoms with Crippen LogP contribution in [0.1, 0.15) is 57.8 Å². The zero-order valence-electron chi connectivity index (χ0n) is 18.7. The van der Waals surface area contributed by atoms with Gasteiger partial charge in [-0.25, -0.2) is 0 Å².